The van der Waals surface area contributed by atoms with E-state index in [2.05, 4.69) is 8.67 Å². The molecule has 0 radical (unpaired) electrons. The van der Waals surface area contributed by atoms with Crippen LogP contribution in [0.4, 0.5) is 0 Å². The Labute approximate surface area is 200 Å². The Morgan fingerprint density at radius 2 is 0.857 bits per heavy atom. The van der Waals surface area contributed by atoms with Gasteiger partial charge in [0.1, 0.15) is 0 Å². The predicted octanol–water partition coefficient (Wildman–Crippen LogP) is -10.4. The van der Waals surface area contributed by atoms with Crippen LogP contribution in [0, 0.1) is 0 Å². The smallest absolute Gasteiger partial charge is 0.724 e. The van der Waals surface area contributed by atoms with E-state index in [9.17, 15) is 40.3 Å². The van der Waals surface area contributed by atoms with E-state index >= 15 is 0 Å². The first-order valence-corrected chi connectivity index (χ1v) is 6.28. The Kier molecular flexibility index (Phi) is 15.4. The van der Waals surface area contributed by atoms with Gasteiger partial charge in [-0.15, -0.1) is 8.67 Å². The van der Waals surface area contributed by atoms with Crippen molar-refractivity contribution in [1.82, 2.24) is 15.0 Å². The molecule has 0 bridgehead atoms. The van der Waals surface area contributed by atoms with Gasteiger partial charge in [0.15, 0.2) is 0 Å². The fraction of sp³-hybridized carbons (Fsp3) is 0. The first-order chi connectivity index (χ1) is 8.39. The minimum absolute atomic E-state index is 0. The van der Waals surface area contributed by atoms with Gasteiger partial charge in [-0.3, -0.25) is 15.0 Å². The van der Waals surface area contributed by atoms with Crippen molar-refractivity contribution < 1.29 is 137 Å². The molecule has 1 aromatic rings. The average Bonchev–Trinajstić information content (AvgIpc) is 2.11. The van der Waals surface area contributed by atoms with Crippen LogP contribution >= 0.6 is 0 Å². The molecule has 0 aliphatic rings. The molecule has 0 fully saturated rings. The molecular weight excluding hydrogens is 396 g/mol. The first kappa shape index (κ1) is 27.3. The fourth-order valence-corrected chi connectivity index (χ4v) is 1.02. The molecule has 14 nitrogen and oxygen atoms in total. The molecule has 21 heavy (non-hydrogen) atoms. The Morgan fingerprint density at radius 3 is 1.00 bits per heavy atom. The molecule has 1 aromatic heterocycles. The second-order valence-corrected chi connectivity index (χ2v) is 4.22. The van der Waals surface area contributed by atoms with Crippen molar-refractivity contribution in [2.24, 2.45) is 0 Å². The Balaban J connectivity index is -0.000000282. The number of aromatic amines is 3. The van der Waals surface area contributed by atoms with Crippen LogP contribution in [0.15, 0.2) is 14.4 Å². The third kappa shape index (κ3) is 19.4. The van der Waals surface area contributed by atoms with Gasteiger partial charge in [0.2, 0.25) is 20.8 Å². The van der Waals surface area contributed by atoms with Crippen LogP contribution in [-0.2, 0) is 29.5 Å². The maximum Gasteiger partial charge on any atom is 1.00 e. The quantitative estimate of drug-likeness (QED) is 0.142. The average molecular weight is 399 g/mol. The molecule has 0 saturated heterocycles. The van der Waals surface area contributed by atoms with Crippen molar-refractivity contribution in [2.75, 3.05) is 0 Å². The largest absolute Gasteiger partial charge is 1.00 e. The van der Waals surface area contributed by atoms with Gasteiger partial charge in [-0.2, -0.15) is 0 Å². The van der Waals surface area contributed by atoms with Crippen molar-refractivity contribution in [3.8, 4) is 0 Å². The Bertz CT molecular complexity index is 676. The number of hydrogen-bond acceptors (Lipinski definition) is 11. The molecular formula is C3H3K2N3O11S2. The second-order valence-electron chi connectivity index (χ2n) is 2.31. The predicted molar refractivity (Wildman–Crippen MR) is 49.9 cm³/mol. The third-order valence-electron chi connectivity index (χ3n) is 0.876. The number of rotatable bonds is 3. The zero-order valence-corrected chi connectivity index (χ0v) is 18.2. The minimum atomic E-state index is -5.31. The molecule has 0 unspecified atom stereocenters. The molecule has 0 atom stereocenters. The van der Waals surface area contributed by atoms with Gasteiger partial charge in [0.05, 0.1) is 0 Å². The SMILES string of the molecule is O=S(=O)([O-])OOS(=O)(=O)[O-].O=c1[nH]c(=O)[nH]c(=O)[nH]1.[K+].[K+]. The van der Waals surface area contributed by atoms with Crippen molar-refractivity contribution in [2.45, 2.75) is 0 Å². The van der Waals surface area contributed by atoms with Crippen LogP contribution in [0.2, 0.25) is 0 Å². The van der Waals surface area contributed by atoms with Crippen molar-refractivity contribution in [3.05, 3.63) is 31.5 Å². The number of aromatic nitrogens is 3. The van der Waals surface area contributed by atoms with Gasteiger partial charge >= 0.3 is 120 Å². The summed E-state index contributed by atoms with van der Waals surface area (Å²) in [6, 6.07) is 0. The van der Waals surface area contributed by atoms with Gasteiger partial charge in [0, 0.05) is 0 Å². The normalized spacial score (nSPS) is 10.4. The Morgan fingerprint density at radius 1 is 0.667 bits per heavy atom. The molecule has 0 saturated carbocycles. The molecule has 0 amide bonds. The van der Waals surface area contributed by atoms with Crippen molar-refractivity contribution in [1.29, 1.82) is 0 Å². The van der Waals surface area contributed by atoms with E-state index in [1.54, 1.807) is 15.0 Å². The van der Waals surface area contributed by atoms with Crippen LogP contribution in [0.25, 0.3) is 0 Å². The maximum absolute atomic E-state index is 10.2. The van der Waals surface area contributed by atoms with Crippen LogP contribution in [0.3, 0.4) is 0 Å². The minimum Gasteiger partial charge on any atom is -0.724 e. The van der Waals surface area contributed by atoms with E-state index in [-0.39, 0.29) is 103 Å². The molecule has 0 aliphatic carbocycles. The molecule has 0 spiro atoms. The van der Waals surface area contributed by atoms with E-state index < -0.39 is 37.9 Å². The number of nitrogens with one attached hydrogen (secondary N) is 3. The van der Waals surface area contributed by atoms with E-state index in [0.29, 0.717) is 0 Å². The first-order valence-electron chi connectivity index (χ1n) is 3.61. The maximum atomic E-state index is 10.2. The summed E-state index contributed by atoms with van der Waals surface area (Å²) in [4.78, 5) is 35.9. The molecule has 0 aliphatic heterocycles. The number of hydrogen-bond donors (Lipinski definition) is 3. The van der Waals surface area contributed by atoms with E-state index in [1.807, 2.05) is 0 Å². The van der Waals surface area contributed by atoms with Crippen LogP contribution in [0.5, 0.6) is 0 Å². The van der Waals surface area contributed by atoms with E-state index in [0.717, 1.165) is 0 Å². The summed E-state index contributed by atoms with van der Waals surface area (Å²) in [7, 11) is -10.6. The summed E-state index contributed by atoms with van der Waals surface area (Å²) in [5.74, 6) is 0. The summed E-state index contributed by atoms with van der Waals surface area (Å²) in [5.41, 5.74) is -2.41. The van der Waals surface area contributed by atoms with Gasteiger partial charge < -0.3 is 9.11 Å². The van der Waals surface area contributed by atoms with E-state index in [4.69, 9.17) is 0 Å². The van der Waals surface area contributed by atoms with Gasteiger partial charge in [-0.25, -0.2) is 31.2 Å². The van der Waals surface area contributed by atoms with Gasteiger partial charge in [0.25, 0.3) is 0 Å². The fourth-order valence-electron chi connectivity index (χ4n) is 0.471. The number of H-pyrrole nitrogens is 3. The summed E-state index contributed by atoms with van der Waals surface area (Å²) in [6.07, 6.45) is 0. The summed E-state index contributed by atoms with van der Waals surface area (Å²) >= 11 is 0. The molecule has 0 aromatic carbocycles. The standard InChI is InChI=1S/C3H3N3O3.2K.H2O8S2/c7-1-4-2(8)6-3(9)5-1;;;1-9(2,3)7-8-10(4,5)6/h(H3,4,5,6,7,8,9);;;(H,1,2,3)(H,4,5,6)/q;2*+1;/p-2. The second kappa shape index (κ2) is 11.9. The van der Waals surface area contributed by atoms with Crippen LogP contribution in [-0.4, -0.2) is 40.9 Å². The summed E-state index contributed by atoms with van der Waals surface area (Å²) < 4.78 is 61.5. The molecule has 1 heterocycles. The molecule has 1 rings (SSSR count). The third-order valence-corrected chi connectivity index (χ3v) is 1.43. The zero-order valence-electron chi connectivity index (χ0n) is 10.3. The van der Waals surface area contributed by atoms with Gasteiger partial charge in [-0.05, 0) is 0 Å². The van der Waals surface area contributed by atoms with E-state index in [1.165, 1.54) is 0 Å². The summed E-state index contributed by atoms with van der Waals surface area (Å²) in [6.45, 7) is 0. The van der Waals surface area contributed by atoms with Crippen molar-refractivity contribution >= 4 is 20.8 Å². The van der Waals surface area contributed by atoms with Crippen molar-refractivity contribution in [3.63, 3.8) is 0 Å². The van der Waals surface area contributed by atoms with Crippen LogP contribution in [0.1, 0.15) is 0 Å². The Hall–Kier alpha value is 1.42. The molecule has 3 N–H and O–H groups in total. The zero-order chi connectivity index (χ0) is 15.3. The monoisotopic (exact) mass is 399 g/mol. The molecule has 18 heteroatoms. The van der Waals surface area contributed by atoms with Gasteiger partial charge in [-0.1, -0.05) is 0 Å². The molecule has 110 valence electrons. The topological polar surface area (TPSA) is 231 Å². The summed E-state index contributed by atoms with van der Waals surface area (Å²) in [5, 5.41) is 0. The van der Waals surface area contributed by atoms with Crippen LogP contribution < -0.4 is 120 Å².